The van der Waals surface area contributed by atoms with Crippen molar-refractivity contribution in [2.24, 2.45) is 11.3 Å². The summed E-state index contributed by atoms with van der Waals surface area (Å²) >= 11 is 0. The summed E-state index contributed by atoms with van der Waals surface area (Å²) in [5.74, 6) is -3.04. The Morgan fingerprint density at radius 3 is 2.38 bits per heavy atom. The van der Waals surface area contributed by atoms with Crippen molar-refractivity contribution < 1.29 is 32.7 Å². The number of piperidine rings is 1. The first-order chi connectivity index (χ1) is 11.1. The fraction of sp³-hybridized carbons (Fsp3) is 0.800. The number of carbonyl (C=O) groups excluding carboxylic acids is 2. The molecule has 0 aromatic heterocycles. The van der Waals surface area contributed by atoms with E-state index in [2.05, 4.69) is 0 Å². The largest absolute Gasteiger partial charge is 0.480 e. The van der Waals surface area contributed by atoms with Gasteiger partial charge < -0.3 is 14.9 Å². The normalized spacial score (nSPS) is 22.8. The Balaban J connectivity index is 2.03. The third kappa shape index (κ3) is 3.81. The summed E-state index contributed by atoms with van der Waals surface area (Å²) < 4.78 is 37.7. The molecular weight excluding hydrogens is 329 g/mol. The topological polar surface area (TPSA) is 77.9 Å². The van der Waals surface area contributed by atoms with E-state index in [0.29, 0.717) is 19.4 Å². The molecule has 9 heteroatoms. The number of aliphatic carboxylic acids is 1. The number of carboxylic acid groups (broad SMARTS) is 1. The highest BCUT2D eigenvalue weighted by molar-refractivity contribution is 6.05. The molecule has 6 nitrogen and oxygen atoms in total. The molecule has 0 aromatic rings. The molecule has 2 rings (SSSR count). The molecule has 1 aliphatic heterocycles. The van der Waals surface area contributed by atoms with Crippen molar-refractivity contribution in [3.05, 3.63) is 0 Å². The van der Waals surface area contributed by atoms with Crippen LogP contribution in [0.3, 0.4) is 0 Å². The second kappa shape index (κ2) is 6.60. The van der Waals surface area contributed by atoms with Crippen molar-refractivity contribution >= 4 is 17.8 Å². The van der Waals surface area contributed by atoms with Crippen LogP contribution in [0.25, 0.3) is 0 Å². The molecule has 1 N–H and O–H groups in total. The van der Waals surface area contributed by atoms with E-state index in [1.165, 1.54) is 11.8 Å². The van der Waals surface area contributed by atoms with Gasteiger partial charge in [0.1, 0.15) is 12.0 Å². The molecule has 0 aromatic carbocycles. The summed E-state index contributed by atoms with van der Waals surface area (Å²) in [6, 6.07) is 0. The Kier molecular flexibility index (Phi) is 5.10. The van der Waals surface area contributed by atoms with Gasteiger partial charge in [-0.2, -0.15) is 13.2 Å². The zero-order chi connectivity index (χ0) is 18.1. The summed E-state index contributed by atoms with van der Waals surface area (Å²) in [5, 5.41) is 9.19. The van der Waals surface area contributed by atoms with Crippen LogP contribution in [0.15, 0.2) is 0 Å². The van der Waals surface area contributed by atoms with Crippen LogP contribution in [0.1, 0.15) is 32.6 Å². The molecule has 1 saturated carbocycles. The lowest BCUT2D eigenvalue weighted by atomic mass is 9.94. The minimum Gasteiger partial charge on any atom is -0.480 e. The predicted octanol–water partition coefficient (Wildman–Crippen LogP) is 1.50. The Morgan fingerprint density at radius 2 is 1.92 bits per heavy atom. The van der Waals surface area contributed by atoms with Crippen LogP contribution in [-0.2, 0) is 14.4 Å². The van der Waals surface area contributed by atoms with Gasteiger partial charge in [-0.3, -0.25) is 14.4 Å². The van der Waals surface area contributed by atoms with E-state index in [-0.39, 0.29) is 25.9 Å². The van der Waals surface area contributed by atoms with E-state index in [0.717, 1.165) is 4.90 Å². The zero-order valence-electron chi connectivity index (χ0n) is 13.4. The molecule has 1 unspecified atom stereocenters. The molecule has 0 bridgehead atoms. The van der Waals surface area contributed by atoms with Crippen molar-refractivity contribution in [3.63, 3.8) is 0 Å². The molecule has 1 saturated heterocycles. The Hall–Kier alpha value is -1.80. The first-order valence-corrected chi connectivity index (χ1v) is 7.99. The van der Waals surface area contributed by atoms with Gasteiger partial charge in [-0.15, -0.1) is 0 Å². The fourth-order valence-corrected chi connectivity index (χ4v) is 3.13. The van der Waals surface area contributed by atoms with E-state index in [1.54, 1.807) is 0 Å². The average Bonchev–Trinajstić information content (AvgIpc) is 3.32. The monoisotopic (exact) mass is 350 g/mol. The Bertz CT molecular complexity index is 531. The molecule has 1 heterocycles. The van der Waals surface area contributed by atoms with Crippen LogP contribution in [0, 0.1) is 11.3 Å². The standard InChI is InChI=1S/C15H21F3N2O4/c1-2-19(9-15(16,17)18)11(21)10-4-3-7-20(8-10)12(22)14(5-6-14)13(23)24/h10H,2-9H2,1H3,(H,23,24). The molecule has 1 aliphatic carbocycles. The highest BCUT2D eigenvalue weighted by atomic mass is 19.4. The third-order valence-electron chi connectivity index (χ3n) is 4.69. The number of hydrogen-bond donors (Lipinski definition) is 1. The molecule has 24 heavy (non-hydrogen) atoms. The van der Waals surface area contributed by atoms with Crippen LogP contribution < -0.4 is 0 Å². The minimum atomic E-state index is -4.47. The SMILES string of the molecule is CCN(CC(F)(F)F)C(=O)C1CCCN(C(=O)C2(C(=O)O)CC2)C1. The minimum absolute atomic E-state index is 0.0128. The van der Waals surface area contributed by atoms with Gasteiger partial charge in [0.2, 0.25) is 11.8 Å². The predicted molar refractivity (Wildman–Crippen MR) is 76.9 cm³/mol. The van der Waals surface area contributed by atoms with Crippen molar-refractivity contribution in [1.29, 1.82) is 0 Å². The van der Waals surface area contributed by atoms with Crippen molar-refractivity contribution in [2.45, 2.75) is 38.8 Å². The quantitative estimate of drug-likeness (QED) is 0.763. The smallest absolute Gasteiger partial charge is 0.406 e. The Labute approximate surface area is 137 Å². The summed E-state index contributed by atoms with van der Waals surface area (Å²) in [7, 11) is 0. The lowest BCUT2D eigenvalue weighted by Crippen LogP contribution is -2.51. The van der Waals surface area contributed by atoms with Crippen molar-refractivity contribution in [1.82, 2.24) is 9.80 Å². The maximum Gasteiger partial charge on any atom is 0.406 e. The molecule has 0 spiro atoms. The lowest BCUT2D eigenvalue weighted by molar-refractivity contribution is -0.165. The summed E-state index contributed by atoms with van der Waals surface area (Å²) in [4.78, 5) is 38.1. The van der Waals surface area contributed by atoms with Gasteiger partial charge in [-0.05, 0) is 32.6 Å². The number of hydrogen-bond acceptors (Lipinski definition) is 3. The number of likely N-dealkylation sites (tertiary alicyclic amines) is 1. The van der Waals surface area contributed by atoms with E-state index in [4.69, 9.17) is 0 Å². The van der Waals surface area contributed by atoms with Crippen LogP contribution in [0.2, 0.25) is 0 Å². The van der Waals surface area contributed by atoms with Gasteiger partial charge in [0.25, 0.3) is 0 Å². The third-order valence-corrected chi connectivity index (χ3v) is 4.69. The van der Waals surface area contributed by atoms with E-state index in [1.807, 2.05) is 0 Å². The summed E-state index contributed by atoms with van der Waals surface area (Å²) in [5.41, 5.74) is -1.39. The number of alkyl halides is 3. The van der Waals surface area contributed by atoms with Crippen LogP contribution in [0.5, 0.6) is 0 Å². The van der Waals surface area contributed by atoms with E-state index >= 15 is 0 Å². The van der Waals surface area contributed by atoms with Gasteiger partial charge in [0.05, 0.1) is 5.92 Å². The van der Waals surface area contributed by atoms with Crippen LogP contribution >= 0.6 is 0 Å². The second-order valence-electron chi connectivity index (χ2n) is 6.45. The average molecular weight is 350 g/mol. The molecular formula is C15H21F3N2O4. The number of amides is 2. The fourth-order valence-electron chi connectivity index (χ4n) is 3.13. The van der Waals surface area contributed by atoms with Crippen LogP contribution in [0.4, 0.5) is 13.2 Å². The zero-order valence-corrected chi connectivity index (χ0v) is 13.4. The number of nitrogens with zero attached hydrogens (tertiary/aromatic N) is 2. The molecule has 2 fully saturated rings. The highest BCUT2D eigenvalue weighted by Gasteiger charge is 2.59. The first kappa shape index (κ1) is 18.5. The number of halogens is 3. The number of carbonyl (C=O) groups is 3. The van der Waals surface area contributed by atoms with Gasteiger partial charge in [-0.25, -0.2) is 0 Å². The maximum absolute atomic E-state index is 12.6. The first-order valence-electron chi connectivity index (χ1n) is 7.99. The summed E-state index contributed by atoms with van der Waals surface area (Å²) in [6.07, 6.45) is -3.06. The molecule has 2 aliphatic rings. The van der Waals surface area contributed by atoms with E-state index < -0.39 is 41.8 Å². The maximum atomic E-state index is 12.6. The van der Waals surface area contributed by atoms with Crippen molar-refractivity contribution in [2.75, 3.05) is 26.2 Å². The van der Waals surface area contributed by atoms with Gasteiger partial charge in [-0.1, -0.05) is 0 Å². The highest BCUT2D eigenvalue weighted by Crippen LogP contribution is 2.48. The molecule has 0 radical (unpaired) electrons. The number of rotatable bonds is 5. The summed E-state index contributed by atoms with van der Waals surface area (Å²) in [6.45, 7) is 0.413. The molecule has 2 amide bonds. The lowest BCUT2D eigenvalue weighted by Gasteiger charge is -2.36. The number of carboxylic acids is 1. The second-order valence-corrected chi connectivity index (χ2v) is 6.45. The molecule has 1 atom stereocenters. The molecule has 136 valence electrons. The van der Waals surface area contributed by atoms with Gasteiger partial charge in [0.15, 0.2) is 0 Å². The van der Waals surface area contributed by atoms with Gasteiger partial charge in [0, 0.05) is 19.6 Å². The van der Waals surface area contributed by atoms with Gasteiger partial charge >= 0.3 is 12.1 Å². The van der Waals surface area contributed by atoms with Crippen LogP contribution in [-0.4, -0.2) is 65.0 Å². The van der Waals surface area contributed by atoms with E-state index in [9.17, 15) is 32.7 Å². The Morgan fingerprint density at radius 1 is 1.29 bits per heavy atom. The van der Waals surface area contributed by atoms with Crippen molar-refractivity contribution in [3.8, 4) is 0 Å².